The second kappa shape index (κ2) is 6.79. The zero-order valence-corrected chi connectivity index (χ0v) is 14.1. The average Bonchev–Trinajstić information content (AvgIpc) is 2.95. The molecule has 0 radical (unpaired) electrons. The molecule has 0 spiro atoms. The van der Waals surface area contributed by atoms with Crippen LogP contribution < -0.4 is 0 Å². The first kappa shape index (κ1) is 17.9. The first-order valence-corrected chi connectivity index (χ1v) is 8.10. The van der Waals surface area contributed by atoms with Gasteiger partial charge in [-0.1, -0.05) is 18.2 Å². The molecule has 1 heterocycles. The second-order valence-corrected chi connectivity index (χ2v) is 6.25. The molecule has 0 amide bonds. The van der Waals surface area contributed by atoms with Crippen LogP contribution in [0.1, 0.15) is 11.4 Å². The van der Waals surface area contributed by atoms with Gasteiger partial charge in [0.1, 0.15) is 5.82 Å². The summed E-state index contributed by atoms with van der Waals surface area (Å²) >= 11 is 0.885. The van der Waals surface area contributed by atoms with Gasteiger partial charge in [-0.15, -0.1) is 10.2 Å². The van der Waals surface area contributed by atoms with Crippen molar-refractivity contribution in [1.82, 2.24) is 14.8 Å². The number of hydrogen-bond acceptors (Lipinski definition) is 5. The van der Waals surface area contributed by atoms with E-state index in [0.717, 1.165) is 29.6 Å². The molecule has 10 heteroatoms. The normalized spacial score (nSPS) is 11.5. The van der Waals surface area contributed by atoms with Gasteiger partial charge in [0.25, 0.3) is 5.69 Å². The fourth-order valence-electron chi connectivity index (χ4n) is 2.30. The number of alkyl halides is 3. The molecular formula is C16H11F3N4O2S. The van der Waals surface area contributed by atoms with Gasteiger partial charge in [0.15, 0.2) is 0 Å². The fraction of sp³-hybridized carbons (Fsp3) is 0.125. The van der Waals surface area contributed by atoms with Crippen molar-refractivity contribution >= 4 is 17.4 Å². The maximum absolute atomic E-state index is 12.8. The molecule has 3 rings (SSSR count). The lowest BCUT2D eigenvalue weighted by Gasteiger charge is -2.10. The van der Waals surface area contributed by atoms with Gasteiger partial charge in [-0.3, -0.25) is 14.7 Å². The number of aryl methyl sites for hydroxylation is 1. The SMILES string of the molecule is Cc1nnc(Sc2ccc(C(F)(F)F)cc2[N+](=O)[O-])n1-c1ccccc1. The van der Waals surface area contributed by atoms with Crippen LogP contribution in [-0.2, 0) is 6.18 Å². The highest BCUT2D eigenvalue weighted by atomic mass is 32.2. The van der Waals surface area contributed by atoms with E-state index in [4.69, 9.17) is 0 Å². The van der Waals surface area contributed by atoms with Crippen LogP contribution in [0.3, 0.4) is 0 Å². The molecule has 0 aliphatic rings. The van der Waals surface area contributed by atoms with Crippen molar-refractivity contribution in [2.24, 2.45) is 0 Å². The molecule has 2 aromatic carbocycles. The molecule has 0 N–H and O–H groups in total. The number of halogens is 3. The molecule has 134 valence electrons. The lowest BCUT2D eigenvalue weighted by Crippen LogP contribution is -2.06. The summed E-state index contributed by atoms with van der Waals surface area (Å²) in [6, 6.07) is 11.5. The van der Waals surface area contributed by atoms with E-state index in [2.05, 4.69) is 10.2 Å². The zero-order chi connectivity index (χ0) is 18.9. The van der Waals surface area contributed by atoms with Crippen molar-refractivity contribution in [3.8, 4) is 5.69 Å². The third kappa shape index (κ3) is 3.54. The number of nitrogens with zero attached hydrogens (tertiary/aromatic N) is 4. The number of nitro benzene ring substituents is 1. The van der Waals surface area contributed by atoms with Gasteiger partial charge in [0.05, 0.1) is 15.4 Å². The molecule has 0 atom stereocenters. The Morgan fingerprint density at radius 1 is 1.12 bits per heavy atom. The van der Waals surface area contributed by atoms with Gasteiger partial charge in [0, 0.05) is 11.8 Å². The van der Waals surface area contributed by atoms with Crippen LogP contribution in [0.5, 0.6) is 0 Å². The first-order chi connectivity index (χ1) is 12.3. The van der Waals surface area contributed by atoms with Crippen molar-refractivity contribution in [2.75, 3.05) is 0 Å². The maximum Gasteiger partial charge on any atom is 0.416 e. The molecule has 0 bridgehead atoms. The fourth-order valence-corrected chi connectivity index (χ4v) is 3.29. The van der Waals surface area contributed by atoms with E-state index >= 15 is 0 Å². The highest BCUT2D eigenvalue weighted by Gasteiger charge is 2.33. The third-order valence-electron chi connectivity index (χ3n) is 3.49. The Kier molecular flexibility index (Phi) is 4.68. The number of nitro groups is 1. The van der Waals surface area contributed by atoms with Crippen LogP contribution in [-0.4, -0.2) is 19.7 Å². The second-order valence-electron chi connectivity index (χ2n) is 5.24. The lowest BCUT2D eigenvalue weighted by atomic mass is 10.2. The molecule has 0 saturated heterocycles. The van der Waals surface area contributed by atoms with E-state index in [-0.39, 0.29) is 4.90 Å². The predicted molar refractivity (Wildman–Crippen MR) is 88.3 cm³/mol. The molecule has 0 aliphatic carbocycles. The number of benzene rings is 2. The Morgan fingerprint density at radius 2 is 1.81 bits per heavy atom. The summed E-state index contributed by atoms with van der Waals surface area (Å²) in [5, 5.41) is 19.5. The molecule has 0 aliphatic heterocycles. The van der Waals surface area contributed by atoms with E-state index in [1.54, 1.807) is 11.5 Å². The van der Waals surface area contributed by atoms with E-state index in [0.29, 0.717) is 17.0 Å². The summed E-state index contributed by atoms with van der Waals surface area (Å²) in [7, 11) is 0. The van der Waals surface area contributed by atoms with Crippen LogP contribution in [0.15, 0.2) is 58.6 Å². The standard InChI is InChI=1S/C16H11F3N4O2S/c1-10-20-21-15(22(10)12-5-3-2-4-6-12)26-14-8-7-11(16(17,18)19)9-13(14)23(24)25/h2-9H,1H3. The number of rotatable bonds is 4. The van der Waals surface area contributed by atoms with E-state index in [9.17, 15) is 23.3 Å². The molecule has 6 nitrogen and oxygen atoms in total. The molecule has 3 aromatic rings. The Morgan fingerprint density at radius 3 is 2.42 bits per heavy atom. The highest BCUT2D eigenvalue weighted by Crippen LogP contribution is 2.39. The van der Waals surface area contributed by atoms with Crippen LogP contribution >= 0.6 is 11.8 Å². The van der Waals surface area contributed by atoms with Crippen LogP contribution in [0.2, 0.25) is 0 Å². The van der Waals surface area contributed by atoms with Crippen LogP contribution in [0.25, 0.3) is 5.69 Å². The summed E-state index contributed by atoms with van der Waals surface area (Å²) in [6.45, 7) is 1.71. The summed E-state index contributed by atoms with van der Waals surface area (Å²) in [5.41, 5.74) is -0.966. The van der Waals surface area contributed by atoms with E-state index in [1.165, 1.54) is 0 Å². The maximum atomic E-state index is 12.8. The van der Waals surface area contributed by atoms with Crippen molar-refractivity contribution in [3.05, 3.63) is 70.0 Å². The van der Waals surface area contributed by atoms with Gasteiger partial charge in [-0.2, -0.15) is 13.2 Å². The molecule has 1 aromatic heterocycles. The van der Waals surface area contributed by atoms with Crippen LogP contribution in [0.4, 0.5) is 18.9 Å². The minimum atomic E-state index is -4.66. The quantitative estimate of drug-likeness (QED) is 0.486. The lowest BCUT2D eigenvalue weighted by molar-refractivity contribution is -0.388. The van der Waals surface area contributed by atoms with Crippen molar-refractivity contribution in [1.29, 1.82) is 0 Å². The summed E-state index contributed by atoms with van der Waals surface area (Å²) in [5.74, 6) is 0.549. The van der Waals surface area contributed by atoms with Crippen molar-refractivity contribution in [2.45, 2.75) is 23.2 Å². The molecular weight excluding hydrogens is 369 g/mol. The Balaban J connectivity index is 2.04. The zero-order valence-electron chi connectivity index (χ0n) is 13.3. The molecule has 0 fully saturated rings. The average molecular weight is 380 g/mol. The number of aromatic nitrogens is 3. The third-order valence-corrected chi connectivity index (χ3v) is 4.51. The Labute approximate surface area is 149 Å². The molecule has 0 saturated carbocycles. The Bertz CT molecular complexity index is 958. The minimum Gasteiger partial charge on any atom is -0.274 e. The predicted octanol–water partition coefficient (Wildman–Crippen LogP) is 4.65. The van der Waals surface area contributed by atoms with Crippen molar-refractivity contribution < 1.29 is 18.1 Å². The van der Waals surface area contributed by atoms with Gasteiger partial charge < -0.3 is 0 Å². The number of hydrogen-bond donors (Lipinski definition) is 0. The molecule has 0 unspecified atom stereocenters. The molecule has 26 heavy (non-hydrogen) atoms. The summed E-state index contributed by atoms with van der Waals surface area (Å²) in [6.07, 6.45) is -4.66. The van der Waals surface area contributed by atoms with Gasteiger partial charge in [-0.05, 0) is 43.0 Å². The topological polar surface area (TPSA) is 73.8 Å². The van der Waals surface area contributed by atoms with Crippen LogP contribution in [0, 0.1) is 17.0 Å². The van der Waals surface area contributed by atoms with Gasteiger partial charge >= 0.3 is 6.18 Å². The number of para-hydroxylation sites is 1. The summed E-state index contributed by atoms with van der Waals surface area (Å²) < 4.78 is 40.1. The Hall–Kier alpha value is -2.88. The minimum absolute atomic E-state index is 0.0487. The van der Waals surface area contributed by atoms with Crippen molar-refractivity contribution in [3.63, 3.8) is 0 Å². The van der Waals surface area contributed by atoms with E-state index < -0.39 is 22.4 Å². The smallest absolute Gasteiger partial charge is 0.274 e. The van der Waals surface area contributed by atoms with Gasteiger partial charge in [-0.25, -0.2) is 0 Å². The summed E-state index contributed by atoms with van der Waals surface area (Å²) in [4.78, 5) is 10.4. The van der Waals surface area contributed by atoms with Gasteiger partial charge in [0.2, 0.25) is 5.16 Å². The van der Waals surface area contributed by atoms with E-state index in [1.807, 2.05) is 30.3 Å². The monoisotopic (exact) mass is 380 g/mol. The first-order valence-electron chi connectivity index (χ1n) is 7.28. The highest BCUT2D eigenvalue weighted by molar-refractivity contribution is 7.99. The largest absolute Gasteiger partial charge is 0.416 e.